The molecule has 0 saturated carbocycles. The van der Waals surface area contributed by atoms with Gasteiger partial charge < -0.3 is 5.32 Å². The maximum atomic E-state index is 13.3. The Balaban J connectivity index is 2.74. The quantitative estimate of drug-likeness (QED) is 0.862. The van der Waals surface area contributed by atoms with Gasteiger partial charge in [-0.25, -0.2) is 4.39 Å². The summed E-state index contributed by atoms with van der Waals surface area (Å²) in [7, 11) is 0. The highest BCUT2D eigenvalue weighted by Gasteiger charge is 2.08. The Bertz CT molecular complexity index is 540. The van der Waals surface area contributed by atoms with Gasteiger partial charge in [0.2, 0.25) is 0 Å². The molecule has 0 spiro atoms. The van der Waals surface area contributed by atoms with Gasteiger partial charge in [-0.2, -0.15) is 0 Å². The predicted molar refractivity (Wildman–Crippen MR) is 65.6 cm³/mol. The molecule has 0 bridgehead atoms. The van der Waals surface area contributed by atoms with Crippen LogP contribution < -0.4 is 5.32 Å². The molecule has 84 valence electrons. The van der Waals surface area contributed by atoms with Crippen LogP contribution in [-0.2, 0) is 0 Å². The lowest BCUT2D eigenvalue weighted by atomic mass is 10.1. The molecule has 0 amide bonds. The lowest BCUT2D eigenvalue weighted by molar-refractivity contribution is 0.630. The van der Waals surface area contributed by atoms with Gasteiger partial charge in [0.25, 0.3) is 0 Å². The summed E-state index contributed by atoms with van der Waals surface area (Å²) in [5.74, 6) is -0.435. The monoisotopic (exact) mass is 238 g/mol. The van der Waals surface area contributed by atoms with E-state index in [-0.39, 0.29) is 5.02 Å². The molecular formula is C12H12ClFN2. The van der Waals surface area contributed by atoms with E-state index in [1.807, 2.05) is 19.9 Å². The van der Waals surface area contributed by atoms with Crippen LogP contribution in [0, 0.1) is 12.7 Å². The van der Waals surface area contributed by atoms with Crippen molar-refractivity contribution in [1.29, 1.82) is 0 Å². The van der Waals surface area contributed by atoms with Crippen LogP contribution in [-0.4, -0.2) is 11.5 Å². The van der Waals surface area contributed by atoms with Crippen molar-refractivity contribution in [3.8, 4) is 0 Å². The Morgan fingerprint density at radius 1 is 1.38 bits per heavy atom. The Hall–Kier alpha value is -1.35. The number of nitrogens with zero attached hydrogens (tertiary/aromatic N) is 1. The molecule has 2 aromatic rings. The maximum absolute atomic E-state index is 13.3. The molecule has 0 aliphatic heterocycles. The van der Waals surface area contributed by atoms with Gasteiger partial charge in [0.15, 0.2) is 0 Å². The zero-order chi connectivity index (χ0) is 11.7. The van der Waals surface area contributed by atoms with Crippen molar-refractivity contribution < 1.29 is 4.39 Å². The number of hydrogen-bond donors (Lipinski definition) is 1. The van der Waals surface area contributed by atoms with Crippen LogP contribution in [0.1, 0.15) is 12.6 Å². The summed E-state index contributed by atoms with van der Waals surface area (Å²) in [5, 5.41) is 4.19. The number of benzene rings is 1. The van der Waals surface area contributed by atoms with E-state index in [0.29, 0.717) is 5.52 Å². The van der Waals surface area contributed by atoms with Gasteiger partial charge in [-0.15, -0.1) is 0 Å². The van der Waals surface area contributed by atoms with E-state index in [2.05, 4.69) is 10.3 Å². The standard InChI is InChI=1S/C12H12ClFN2/c1-3-15-11-4-7(2)16-12-6-10(14)9(13)5-8(11)12/h4-6H,3H2,1-2H3,(H,15,16). The second kappa shape index (κ2) is 4.26. The number of anilines is 1. The summed E-state index contributed by atoms with van der Waals surface area (Å²) >= 11 is 5.77. The molecular weight excluding hydrogens is 227 g/mol. The SMILES string of the molecule is CCNc1cc(C)nc2cc(F)c(Cl)cc12. The average molecular weight is 239 g/mol. The molecule has 1 N–H and O–H groups in total. The minimum Gasteiger partial charge on any atom is -0.385 e. The molecule has 0 aliphatic carbocycles. The van der Waals surface area contributed by atoms with E-state index >= 15 is 0 Å². The van der Waals surface area contributed by atoms with Crippen molar-refractivity contribution in [3.63, 3.8) is 0 Å². The molecule has 16 heavy (non-hydrogen) atoms. The Morgan fingerprint density at radius 3 is 2.81 bits per heavy atom. The highest BCUT2D eigenvalue weighted by molar-refractivity contribution is 6.31. The number of rotatable bonds is 2. The molecule has 0 saturated heterocycles. The van der Waals surface area contributed by atoms with Crippen LogP contribution in [0.3, 0.4) is 0 Å². The van der Waals surface area contributed by atoms with E-state index in [1.165, 1.54) is 6.07 Å². The third kappa shape index (κ3) is 1.95. The first kappa shape index (κ1) is 11.1. The zero-order valence-corrected chi connectivity index (χ0v) is 9.90. The van der Waals surface area contributed by atoms with Crippen molar-refractivity contribution in [2.75, 3.05) is 11.9 Å². The lowest BCUT2D eigenvalue weighted by Crippen LogP contribution is -1.99. The van der Waals surface area contributed by atoms with Gasteiger partial charge in [-0.3, -0.25) is 4.98 Å². The lowest BCUT2D eigenvalue weighted by Gasteiger charge is -2.09. The number of halogens is 2. The number of hydrogen-bond acceptors (Lipinski definition) is 2. The molecule has 4 heteroatoms. The maximum Gasteiger partial charge on any atom is 0.143 e. The fraction of sp³-hybridized carbons (Fsp3) is 0.250. The number of aryl methyl sites for hydroxylation is 1. The molecule has 1 aromatic heterocycles. The van der Waals surface area contributed by atoms with Crippen LogP contribution in [0.2, 0.25) is 5.02 Å². The summed E-state index contributed by atoms with van der Waals surface area (Å²) in [4.78, 5) is 4.28. The van der Waals surface area contributed by atoms with Crippen LogP contribution >= 0.6 is 11.6 Å². The largest absolute Gasteiger partial charge is 0.385 e. The summed E-state index contributed by atoms with van der Waals surface area (Å²) < 4.78 is 13.3. The van der Waals surface area contributed by atoms with Gasteiger partial charge in [0, 0.05) is 29.4 Å². The third-order valence-corrected chi connectivity index (χ3v) is 2.64. The summed E-state index contributed by atoms with van der Waals surface area (Å²) in [5.41, 5.74) is 2.41. The Labute approximate surface area is 98.4 Å². The van der Waals surface area contributed by atoms with Crippen LogP contribution in [0.15, 0.2) is 18.2 Å². The summed E-state index contributed by atoms with van der Waals surface area (Å²) in [6.45, 7) is 4.69. The number of aromatic nitrogens is 1. The zero-order valence-electron chi connectivity index (χ0n) is 9.14. The smallest absolute Gasteiger partial charge is 0.143 e. The summed E-state index contributed by atoms with van der Waals surface area (Å²) in [6.07, 6.45) is 0. The topological polar surface area (TPSA) is 24.9 Å². The molecule has 2 nitrogen and oxygen atoms in total. The molecule has 0 atom stereocenters. The normalized spacial score (nSPS) is 10.8. The molecule has 0 aliphatic rings. The number of nitrogens with one attached hydrogen (secondary N) is 1. The molecule has 1 heterocycles. The van der Waals surface area contributed by atoms with Crippen molar-refractivity contribution in [2.24, 2.45) is 0 Å². The van der Waals surface area contributed by atoms with Crippen LogP contribution in [0.25, 0.3) is 10.9 Å². The Morgan fingerprint density at radius 2 is 2.12 bits per heavy atom. The first-order chi connectivity index (χ1) is 7.61. The van der Waals surface area contributed by atoms with E-state index in [9.17, 15) is 4.39 Å². The second-order valence-electron chi connectivity index (χ2n) is 3.62. The van der Waals surface area contributed by atoms with Crippen LogP contribution in [0.5, 0.6) is 0 Å². The summed E-state index contributed by atoms with van der Waals surface area (Å²) in [6, 6.07) is 4.90. The molecule has 0 unspecified atom stereocenters. The van der Waals surface area contributed by atoms with Crippen molar-refractivity contribution in [2.45, 2.75) is 13.8 Å². The van der Waals surface area contributed by atoms with E-state index in [0.717, 1.165) is 23.3 Å². The fourth-order valence-corrected chi connectivity index (χ4v) is 1.85. The molecule has 2 rings (SSSR count). The van der Waals surface area contributed by atoms with E-state index in [1.54, 1.807) is 6.07 Å². The minimum absolute atomic E-state index is 0.123. The fourth-order valence-electron chi connectivity index (χ4n) is 1.69. The van der Waals surface area contributed by atoms with Crippen molar-refractivity contribution in [3.05, 3.63) is 34.7 Å². The molecule has 0 radical (unpaired) electrons. The van der Waals surface area contributed by atoms with Gasteiger partial charge in [0.05, 0.1) is 10.5 Å². The Kier molecular flexibility index (Phi) is 2.97. The van der Waals surface area contributed by atoms with Gasteiger partial charge in [0.1, 0.15) is 5.82 Å². The minimum atomic E-state index is -0.435. The van der Waals surface area contributed by atoms with Crippen LogP contribution in [0.4, 0.5) is 10.1 Å². The van der Waals surface area contributed by atoms with E-state index < -0.39 is 5.82 Å². The van der Waals surface area contributed by atoms with Gasteiger partial charge in [-0.1, -0.05) is 11.6 Å². The predicted octanol–water partition coefficient (Wildman–Crippen LogP) is 3.77. The highest BCUT2D eigenvalue weighted by atomic mass is 35.5. The van der Waals surface area contributed by atoms with E-state index in [4.69, 9.17) is 11.6 Å². The molecule has 1 aromatic carbocycles. The average Bonchev–Trinajstić information content (AvgIpc) is 2.21. The van der Waals surface area contributed by atoms with Crippen molar-refractivity contribution >= 4 is 28.2 Å². The second-order valence-corrected chi connectivity index (χ2v) is 4.03. The first-order valence-corrected chi connectivity index (χ1v) is 5.50. The number of fused-ring (bicyclic) bond motifs is 1. The number of pyridine rings is 1. The third-order valence-electron chi connectivity index (χ3n) is 2.35. The first-order valence-electron chi connectivity index (χ1n) is 5.12. The van der Waals surface area contributed by atoms with Gasteiger partial charge in [-0.05, 0) is 26.0 Å². The van der Waals surface area contributed by atoms with Gasteiger partial charge >= 0.3 is 0 Å². The highest BCUT2D eigenvalue weighted by Crippen LogP contribution is 2.28. The molecule has 0 fully saturated rings. The van der Waals surface area contributed by atoms with Crippen molar-refractivity contribution in [1.82, 2.24) is 4.98 Å².